The van der Waals surface area contributed by atoms with Crippen LogP contribution in [0.2, 0.25) is 0 Å². The fourth-order valence-electron chi connectivity index (χ4n) is 0.642. The molecule has 0 aromatic rings. The average molecular weight is 215 g/mol. The second-order valence-electron chi connectivity index (χ2n) is 1.99. The van der Waals surface area contributed by atoms with E-state index in [4.69, 9.17) is 0 Å². The van der Waals surface area contributed by atoms with Gasteiger partial charge in [0.1, 0.15) is 0 Å². The van der Waals surface area contributed by atoms with Gasteiger partial charge < -0.3 is 23.9 Å². The fourth-order valence-corrected chi connectivity index (χ4v) is 0.642. The SMILES string of the molecule is C=CCCCCC[CH2-].[Br-].[Mg+2]. The van der Waals surface area contributed by atoms with Gasteiger partial charge in [0.25, 0.3) is 0 Å². The average Bonchev–Trinajstić information content (AvgIpc) is 1.81. The van der Waals surface area contributed by atoms with Crippen LogP contribution in [-0.2, 0) is 0 Å². The molecule has 0 N–H and O–H groups in total. The molecule has 0 unspecified atom stereocenters. The predicted molar refractivity (Wildman–Crippen MR) is 44.4 cm³/mol. The first-order valence-corrected chi connectivity index (χ1v) is 3.32. The van der Waals surface area contributed by atoms with E-state index in [1.807, 2.05) is 6.08 Å². The molecule has 0 amide bonds. The van der Waals surface area contributed by atoms with Crippen LogP contribution in [0.3, 0.4) is 0 Å². The molecule has 0 heterocycles. The van der Waals surface area contributed by atoms with Gasteiger partial charge in [0.15, 0.2) is 0 Å². The Bertz CT molecular complexity index is 55.2. The Hall–Kier alpha value is 0.986. The van der Waals surface area contributed by atoms with E-state index < -0.39 is 0 Å². The molecule has 0 aliphatic carbocycles. The maximum Gasteiger partial charge on any atom is 2.00 e. The van der Waals surface area contributed by atoms with Gasteiger partial charge in [-0.25, -0.2) is 0 Å². The number of hydrogen-bond acceptors (Lipinski definition) is 0. The summed E-state index contributed by atoms with van der Waals surface area (Å²) < 4.78 is 0. The standard InChI is InChI=1S/C8H15.BrH.Mg/c1-3-5-7-8-6-4-2;;/h3H,1-2,4-8H2;1H;/q-1;;+2/p-1. The zero-order chi connectivity index (χ0) is 6.24. The van der Waals surface area contributed by atoms with Crippen molar-refractivity contribution in [2.75, 3.05) is 0 Å². The van der Waals surface area contributed by atoms with E-state index in [0.717, 1.165) is 6.42 Å². The molecule has 0 aromatic carbocycles. The summed E-state index contributed by atoms with van der Waals surface area (Å²) >= 11 is 0. The Labute approximate surface area is 91.4 Å². The molecule has 0 saturated carbocycles. The van der Waals surface area contributed by atoms with Crippen LogP contribution in [0.4, 0.5) is 0 Å². The van der Waals surface area contributed by atoms with Crippen molar-refractivity contribution >= 4 is 23.1 Å². The summed E-state index contributed by atoms with van der Waals surface area (Å²) in [6, 6.07) is 0. The van der Waals surface area contributed by atoms with Gasteiger partial charge in [-0.2, -0.15) is 6.42 Å². The van der Waals surface area contributed by atoms with Gasteiger partial charge in [-0.15, -0.1) is 6.58 Å². The number of rotatable bonds is 5. The second kappa shape index (κ2) is 16.5. The van der Waals surface area contributed by atoms with Crippen LogP contribution in [0.1, 0.15) is 32.1 Å². The van der Waals surface area contributed by atoms with Gasteiger partial charge >= 0.3 is 23.1 Å². The van der Waals surface area contributed by atoms with Crippen molar-refractivity contribution in [3.63, 3.8) is 0 Å². The zero-order valence-electron chi connectivity index (χ0n) is 6.61. The molecule has 0 fully saturated rings. The van der Waals surface area contributed by atoms with Crippen molar-refractivity contribution in [2.24, 2.45) is 0 Å². The summed E-state index contributed by atoms with van der Waals surface area (Å²) in [5.41, 5.74) is 0. The molecule has 0 radical (unpaired) electrons. The van der Waals surface area contributed by atoms with Crippen LogP contribution in [0, 0.1) is 6.92 Å². The van der Waals surface area contributed by atoms with E-state index in [-0.39, 0.29) is 40.0 Å². The van der Waals surface area contributed by atoms with Crippen molar-refractivity contribution in [1.82, 2.24) is 0 Å². The number of allylic oxidation sites excluding steroid dienone is 1. The minimum absolute atomic E-state index is 0. The first-order chi connectivity index (χ1) is 3.91. The molecule has 0 bridgehead atoms. The maximum absolute atomic E-state index is 3.76. The van der Waals surface area contributed by atoms with E-state index in [2.05, 4.69) is 13.5 Å². The topological polar surface area (TPSA) is 0 Å². The molecule has 0 aliphatic heterocycles. The molecule has 0 aliphatic rings. The maximum atomic E-state index is 3.76. The minimum Gasteiger partial charge on any atom is -1.00 e. The number of unbranched alkanes of at least 4 members (excludes halogenated alkanes) is 4. The summed E-state index contributed by atoms with van der Waals surface area (Å²) in [6.07, 6.45) is 8.10. The first kappa shape index (κ1) is 17.2. The van der Waals surface area contributed by atoms with Gasteiger partial charge in [0, 0.05) is 0 Å². The van der Waals surface area contributed by atoms with E-state index in [9.17, 15) is 0 Å². The third-order valence-electron chi connectivity index (χ3n) is 1.16. The van der Waals surface area contributed by atoms with Crippen LogP contribution in [-0.4, -0.2) is 23.1 Å². The van der Waals surface area contributed by atoms with Gasteiger partial charge in [-0.3, -0.25) is 0 Å². The van der Waals surface area contributed by atoms with E-state index in [1.165, 1.54) is 25.7 Å². The molecule has 0 saturated heterocycles. The summed E-state index contributed by atoms with van der Waals surface area (Å²) in [5, 5.41) is 0. The van der Waals surface area contributed by atoms with Crippen molar-refractivity contribution in [1.29, 1.82) is 0 Å². The Morgan fingerprint density at radius 1 is 1.20 bits per heavy atom. The summed E-state index contributed by atoms with van der Waals surface area (Å²) in [5.74, 6) is 0. The number of hydrogen-bond donors (Lipinski definition) is 0. The fraction of sp³-hybridized carbons (Fsp3) is 0.625. The molecule has 0 spiro atoms. The minimum atomic E-state index is 0. The summed E-state index contributed by atoms with van der Waals surface area (Å²) in [6.45, 7) is 7.40. The van der Waals surface area contributed by atoms with Crippen molar-refractivity contribution < 1.29 is 17.0 Å². The molecular weight excluding hydrogens is 200 g/mol. The smallest absolute Gasteiger partial charge is 1.00 e. The van der Waals surface area contributed by atoms with Crippen LogP contribution < -0.4 is 17.0 Å². The Kier molecular flexibility index (Phi) is 28.4. The van der Waals surface area contributed by atoms with E-state index >= 15 is 0 Å². The molecule has 0 aromatic heterocycles. The van der Waals surface area contributed by atoms with Crippen molar-refractivity contribution in [3.05, 3.63) is 19.6 Å². The van der Waals surface area contributed by atoms with Crippen LogP contribution in [0.15, 0.2) is 12.7 Å². The molecule has 0 atom stereocenters. The van der Waals surface area contributed by atoms with Gasteiger partial charge in [-0.1, -0.05) is 18.9 Å². The first-order valence-electron chi connectivity index (χ1n) is 3.32. The quantitative estimate of drug-likeness (QED) is 0.253. The Morgan fingerprint density at radius 3 is 2.20 bits per heavy atom. The second-order valence-corrected chi connectivity index (χ2v) is 1.99. The summed E-state index contributed by atoms with van der Waals surface area (Å²) in [4.78, 5) is 0. The normalized spacial score (nSPS) is 7.30. The molecule has 10 heavy (non-hydrogen) atoms. The monoisotopic (exact) mass is 214 g/mol. The molecule has 0 nitrogen and oxygen atoms in total. The summed E-state index contributed by atoms with van der Waals surface area (Å²) in [7, 11) is 0. The van der Waals surface area contributed by atoms with Gasteiger partial charge in [0.2, 0.25) is 0 Å². The van der Waals surface area contributed by atoms with Crippen LogP contribution in [0.5, 0.6) is 0 Å². The molecule has 0 rings (SSSR count). The third kappa shape index (κ3) is 16.0. The molecule has 56 valence electrons. The number of halogens is 1. The van der Waals surface area contributed by atoms with E-state index in [1.54, 1.807) is 0 Å². The van der Waals surface area contributed by atoms with Gasteiger partial charge in [0.05, 0.1) is 0 Å². The van der Waals surface area contributed by atoms with Crippen molar-refractivity contribution in [2.45, 2.75) is 32.1 Å². The molecular formula is C8H15BrMg. The van der Waals surface area contributed by atoms with Crippen LogP contribution in [0.25, 0.3) is 0 Å². The van der Waals surface area contributed by atoms with Crippen LogP contribution >= 0.6 is 0 Å². The van der Waals surface area contributed by atoms with E-state index in [0.29, 0.717) is 0 Å². The molecule has 2 heteroatoms. The van der Waals surface area contributed by atoms with Gasteiger partial charge in [-0.05, 0) is 12.8 Å². The zero-order valence-corrected chi connectivity index (χ0v) is 9.61. The predicted octanol–water partition coefficient (Wildman–Crippen LogP) is -0.420. The van der Waals surface area contributed by atoms with Crippen molar-refractivity contribution in [3.8, 4) is 0 Å². The largest absolute Gasteiger partial charge is 2.00 e. The Balaban J connectivity index is -0.000000245. The third-order valence-corrected chi connectivity index (χ3v) is 1.16. The Morgan fingerprint density at radius 2 is 1.80 bits per heavy atom.